The summed E-state index contributed by atoms with van der Waals surface area (Å²) in [6.07, 6.45) is 7.24. The highest BCUT2D eigenvalue weighted by Crippen LogP contribution is 2.39. The predicted octanol–water partition coefficient (Wildman–Crippen LogP) is 8.91. The van der Waals surface area contributed by atoms with Gasteiger partial charge < -0.3 is 14.5 Å². The normalized spacial score (nSPS) is 14.9. The summed E-state index contributed by atoms with van der Waals surface area (Å²) >= 11 is 5.62. The third kappa shape index (κ3) is 7.24. The Labute approximate surface area is 264 Å². The van der Waals surface area contributed by atoms with E-state index in [0.717, 1.165) is 26.9 Å². The van der Waals surface area contributed by atoms with E-state index in [1.807, 2.05) is 25.2 Å². The molecule has 3 aromatic rings. The molecule has 1 aromatic heterocycles. The summed E-state index contributed by atoms with van der Waals surface area (Å²) in [4.78, 5) is 16.7. The number of benzene rings is 2. The van der Waals surface area contributed by atoms with Gasteiger partial charge in [0.15, 0.2) is 0 Å². The van der Waals surface area contributed by atoms with Crippen LogP contribution in [0.5, 0.6) is 5.75 Å². The van der Waals surface area contributed by atoms with Crippen molar-refractivity contribution in [3.63, 3.8) is 0 Å². The molecular weight excluding hydrogens is 579 g/mol. The number of halogens is 3. The molecular formula is C35H39BClF2N3O2. The van der Waals surface area contributed by atoms with Gasteiger partial charge in [-0.25, -0.2) is 4.99 Å². The van der Waals surface area contributed by atoms with Crippen LogP contribution in [-0.2, 0) is 15.6 Å². The number of hydrogen-bond donors (Lipinski definition) is 1. The van der Waals surface area contributed by atoms with Crippen LogP contribution in [0.25, 0.3) is 11.6 Å². The van der Waals surface area contributed by atoms with Gasteiger partial charge in [0.05, 0.1) is 18.5 Å². The number of amides is 1. The molecule has 0 spiro atoms. The quantitative estimate of drug-likeness (QED) is 0.203. The van der Waals surface area contributed by atoms with E-state index < -0.39 is 7.40 Å². The number of aliphatic imine (C=N–C) groups is 1. The summed E-state index contributed by atoms with van der Waals surface area (Å²) in [5.74, 6) is 0.311. The fraction of sp³-hybridized carbons (Fsp3) is 0.314. The van der Waals surface area contributed by atoms with Crippen LogP contribution in [0.2, 0.25) is 0 Å². The van der Waals surface area contributed by atoms with E-state index in [0.29, 0.717) is 33.9 Å². The van der Waals surface area contributed by atoms with E-state index >= 15 is 0 Å². The monoisotopic (exact) mass is 617 g/mol. The molecule has 0 saturated heterocycles. The maximum absolute atomic E-state index is 14.1. The van der Waals surface area contributed by atoms with Gasteiger partial charge >= 0.3 is 7.40 Å². The Bertz CT molecular complexity index is 1670. The van der Waals surface area contributed by atoms with E-state index in [2.05, 4.69) is 59.0 Å². The van der Waals surface area contributed by atoms with E-state index in [1.165, 1.54) is 11.8 Å². The number of nitrogens with one attached hydrogen (secondary N) is 1. The van der Waals surface area contributed by atoms with Gasteiger partial charge in [-0.15, -0.1) is 11.6 Å². The minimum absolute atomic E-state index is 0.0665. The van der Waals surface area contributed by atoms with Crippen molar-refractivity contribution in [2.45, 2.75) is 59.3 Å². The molecule has 1 N–H and O–H groups in total. The number of anilines is 1. The second-order valence-electron chi connectivity index (χ2n) is 12.9. The van der Waals surface area contributed by atoms with E-state index in [-0.39, 0.29) is 22.6 Å². The van der Waals surface area contributed by atoms with Gasteiger partial charge in [0.2, 0.25) is 5.91 Å². The Kier molecular flexibility index (Phi) is 9.74. The van der Waals surface area contributed by atoms with E-state index in [9.17, 15) is 13.4 Å². The zero-order chi connectivity index (χ0) is 32.4. The standard InChI is InChI=1S/C35H39BClF2N3O2/c1-22-18-27(16-13-24-19-25(34(2,3)4)20-28(33(24)44-8)35(5,6)7)41-32(22)31(29-10-9-17-42(29)36(38)39)23-11-14-26(15-12-23)40-30(43)21-37/h9-20H,21H2,1-8H3,(H,40,43)/b16-13+,32-31-. The van der Waals surface area contributed by atoms with Crippen molar-refractivity contribution in [2.24, 2.45) is 4.99 Å². The molecule has 1 amide bonds. The first-order valence-corrected chi connectivity index (χ1v) is 15.0. The first kappa shape index (κ1) is 33.0. The third-order valence-electron chi connectivity index (χ3n) is 7.47. The maximum Gasteiger partial charge on any atom is 0.677 e. The van der Waals surface area contributed by atoms with Crippen molar-refractivity contribution >= 4 is 48.0 Å². The Morgan fingerprint density at radius 2 is 1.73 bits per heavy atom. The summed E-state index contributed by atoms with van der Waals surface area (Å²) < 4.78 is 35.0. The molecule has 1 aliphatic heterocycles. The number of nitrogens with zero attached hydrogens (tertiary/aromatic N) is 2. The Balaban J connectivity index is 1.85. The van der Waals surface area contributed by atoms with Crippen molar-refractivity contribution in [1.82, 2.24) is 4.48 Å². The topological polar surface area (TPSA) is 55.6 Å². The first-order chi connectivity index (χ1) is 20.6. The fourth-order valence-corrected chi connectivity index (χ4v) is 5.21. The molecule has 1 aliphatic rings. The van der Waals surface area contributed by atoms with E-state index in [1.54, 1.807) is 43.5 Å². The molecule has 2 aromatic carbocycles. The van der Waals surface area contributed by atoms with Gasteiger partial charge in [-0.05, 0) is 89.2 Å². The summed E-state index contributed by atoms with van der Waals surface area (Å²) in [7, 11) is -1.04. The minimum atomic E-state index is -2.73. The molecule has 44 heavy (non-hydrogen) atoms. The number of carbonyl (C=O) groups excluding carboxylic acids is 1. The van der Waals surface area contributed by atoms with Crippen LogP contribution in [0.1, 0.15) is 76.4 Å². The van der Waals surface area contributed by atoms with Gasteiger partial charge in [-0.1, -0.05) is 59.7 Å². The molecule has 0 aliphatic carbocycles. The molecule has 2 heterocycles. The van der Waals surface area contributed by atoms with Gasteiger partial charge in [0.25, 0.3) is 0 Å². The Morgan fingerprint density at radius 3 is 2.30 bits per heavy atom. The maximum atomic E-state index is 14.1. The number of rotatable bonds is 8. The molecule has 0 bridgehead atoms. The highest BCUT2D eigenvalue weighted by Gasteiger charge is 2.27. The first-order valence-electron chi connectivity index (χ1n) is 14.5. The molecule has 0 atom stereocenters. The molecule has 230 valence electrons. The summed E-state index contributed by atoms with van der Waals surface area (Å²) in [6.45, 7) is 15.0. The van der Waals surface area contributed by atoms with Crippen LogP contribution < -0.4 is 10.1 Å². The number of hydrogen-bond acceptors (Lipinski definition) is 3. The lowest BCUT2D eigenvalue weighted by atomic mass is 9.79. The molecule has 0 radical (unpaired) electrons. The van der Waals surface area contributed by atoms with Crippen molar-refractivity contribution < 1.29 is 18.2 Å². The number of alkyl halides is 1. The van der Waals surface area contributed by atoms with Crippen LogP contribution >= 0.6 is 11.6 Å². The van der Waals surface area contributed by atoms with Crippen LogP contribution in [0.4, 0.5) is 14.3 Å². The summed E-state index contributed by atoms with van der Waals surface area (Å²) in [5.41, 5.74) is 7.31. The van der Waals surface area contributed by atoms with Crippen LogP contribution in [0.3, 0.4) is 0 Å². The van der Waals surface area contributed by atoms with Gasteiger partial charge in [-0.2, -0.15) is 0 Å². The third-order valence-corrected chi connectivity index (χ3v) is 7.71. The van der Waals surface area contributed by atoms with Crippen molar-refractivity contribution in [3.8, 4) is 5.75 Å². The Morgan fingerprint density at radius 1 is 1.05 bits per heavy atom. The summed E-state index contributed by atoms with van der Waals surface area (Å²) in [5, 5.41) is 2.70. The average Bonchev–Trinajstić information content (AvgIpc) is 3.58. The molecule has 0 fully saturated rings. The number of methoxy groups -OCH3 is 1. The second-order valence-corrected chi connectivity index (χ2v) is 13.2. The SMILES string of the molecule is COc1c(/C=C/C2=NC(=C(/c3ccc(NC(=O)CCl)cc3)c3cccn3B(F)F)/C(C)=C2)cc(C(C)(C)C)cc1C(C)(C)C. The van der Waals surface area contributed by atoms with Crippen molar-refractivity contribution in [1.29, 1.82) is 0 Å². The number of ether oxygens (including phenoxy) is 1. The lowest BCUT2D eigenvalue weighted by Gasteiger charge is -2.28. The molecule has 0 saturated carbocycles. The lowest BCUT2D eigenvalue weighted by molar-refractivity contribution is -0.113. The number of aromatic nitrogens is 1. The second kappa shape index (κ2) is 13.0. The zero-order valence-corrected chi connectivity index (χ0v) is 27.3. The summed E-state index contributed by atoms with van der Waals surface area (Å²) in [6, 6.07) is 14.6. The van der Waals surface area contributed by atoms with Crippen molar-refractivity contribution in [2.75, 3.05) is 18.3 Å². The molecule has 5 nitrogen and oxygen atoms in total. The highest BCUT2D eigenvalue weighted by atomic mass is 35.5. The molecule has 4 rings (SSSR count). The van der Waals surface area contributed by atoms with Crippen LogP contribution in [0.15, 0.2) is 83.1 Å². The minimum Gasteiger partial charge on any atom is -0.496 e. The lowest BCUT2D eigenvalue weighted by Crippen LogP contribution is -2.18. The molecule has 9 heteroatoms. The zero-order valence-electron chi connectivity index (χ0n) is 26.6. The van der Waals surface area contributed by atoms with Crippen molar-refractivity contribution in [3.05, 3.63) is 106 Å². The fourth-order valence-electron chi connectivity index (χ4n) is 5.14. The van der Waals surface area contributed by atoms with Gasteiger partial charge in [0.1, 0.15) is 11.6 Å². The number of allylic oxidation sites excluding steroid dienone is 3. The smallest absolute Gasteiger partial charge is 0.496 e. The predicted molar refractivity (Wildman–Crippen MR) is 180 cm³/mol. The Hall–Kier alpha value is -3.91. The van der Waals surface area contributed by atoms with Gasteiger partial charge in [-0.3, -0.25) is 13.4 Å². The van der Waals surface area contributed by atoms with Crippen LogP contribution in [-0.4, -0.2) is 36.5 Å². The largest absolute Gasteiger partial charge is 0.677 e. The van der Waals surface area contributed by atoms with Crippen LogP contribution in [0, 0.1) is 0 Å². The highest BCUT2D eigenvalue weighted by molar-refractivity contribution is 6.41. The van der Waals surface area contributed by atoms with E-state index in [4.69, 9.17) is 21.3 Å². The van der Waals surface area contributed by atoms with Gasteiger partial charge in [0, 0.05) is 28.1 Å². The number of carbonyl (C=O) groups is 1. The average molecular weight is 618 g/mol. The molecule has 0 unspecified atom stereocenters.